The molecule has 1 fully saturated rings. The minimum Gasteiger partial charge on any atom is -0.480 e. The van der Waals surface area contributed by atoms with Gasteiger partial charge < -0.3 is 5.11 Å². The third-order valence-electron chi connectivity index (χ3n) is 5.13. The van der Waals surface area contributed by atoms with E-state index in [2.05, 4.69) is 17.0 Å². The van der Waals surface area contributed by atoms with E-state index >= 15 is 0 Å². The third kappa shape index (κ3) is 5.25. The summed E-state index contributed by atoms with van der Waals surface area (Å²) >= 11 is 0. The fourth-order valence-electron chi connectivity index (χ4n) is 3.48. The number of benzene rings is 2. The lowest BCUT2D eigenvalue weighted by atomic mass is 10.0. The summed E-state index contributed by atoms with van der Waals surface area (Å²) in [7, 11) is 0. The van der Waals surface area contributed by atoms with Gasteiger partial charge in [-0.25, -0.2) is 0 Å². The lowest BCUT2D eigenvalue weighted by Gasteiger charge is -2.37. The van der Waals surface area contributed by atoms with Gasteiger partial charge in [0.1, 0.15) is 6.04 Å². The van der Waals surface area contributed by atoms with Crippen LogP contribution in [-0.2, 0) is 11.3 Å². The fraction of sp³-hybridized carbons (Fsp3) is 0.364. The van der Waals surface area contributed by atoms with E-state index in [0.29, 0.717) is 18.7 Å². The number of carbonyl (C=O) groups is 2. The predicted octanol–water partition coefficient (Wildman–Crippen LogP) is 2.84. The monoisotopic (exact) mass is 366 g/mol. The number of piperazine rings is 1. The summed E-state index contributed by atoms with van der Waals surface area (Å²) in [5, 5.41) is 9.66. The van der Waals surface area contributed by atoms with Crippen molar-refractivity contribution in [3.8, 4) is 0 Å². The zero-order valence-corrected chi connectivity index (χ0v) is 15.7. The van der Waals surface area contributed by atoms with Crippen molar-refractivity contribution in [2.24, 2.45) is 0 Å². The number of hydrogen-bond donors (Lipinski definition) is 1. The molecule has 2 aromatic carbocycles. The minimum atomic E-state index is -0.924. The highest BCUT2D eigenvalue weighted by Gasteiger charge is 2.31. The minimum absolute atomic E-state index is 0.0110. The molecule has 2 aromatic rings. The maximum Gasteiger partial charge on any atom is 0.321 e. The summed E-state index contributed by atoms with van der Waals surface area (Å²) in [5.74, 6) is -1.04. The Hall–Kier alpha value is -2.50. The van der Waals surface area contributed by atoms with Gasteiger partial charge in [-0.05, 0) is 12.5 Å². The number of Topliss-reactive ketones (excluding diaryl/α,β-unsaturated/α-hetero) is 1. The maximum absolute atomic E-state index is 12.5. The number of carbonyl (C=O) groups excluding carboxylic acids is 1. The molecule has 1 N–H and O–H groups in total. The second kappa shape index (κ2) is 8.93. The normalized spacial score (nSPS) is 16.8. The van der Waals surface area contributed by atoms with E-state index in [1.54, 1.807) is 12.1 Å². The van der Waals surface area contributed by atoms with Gasteiger partial charge in [0, 0.05) is 44.7 Å². The number of ketones is 1. The molecule has 0 radical (unpaired) electrons. The molecule has 3 rings (SSSR count). The summed E-state index contributed by atoms with van der Waals surface area (Å²) in [6, 6.07) is 16.8. The Kier molecular flexibility index (Phi) is 6.37. The molecule has 0 aliphatic carbocycles. The van der Waals surface area contributed by atoms with Gasteiger partial charge in [-0.3, -0.25) is 19.4 Å². The summed E-state index contributed by atoms with van der Waals surface area (Å²) in [6.45, 7) is 5.75. The molecule has 1 atom stereocenters. The lowest BCUT2D eigenvalue weighted by Crippen LogP contribution is -2.52. The molecular weight excluding hydrogens is 340 g/mol. The quantitative estimate of drug-likeness (QED) is 0.764. The van der Waals surface area contributed by atoms with Crippen LogP contribution in [0.25, 0.3) is 0 Å². The molecule has 1 aliphatic heterocycles. The number of rotatable bonds is 7. The highest BCUT2D eigenvalue weighted by atomic mass is 16.4. The zero-order valence-electron chi connectivity index (χ0n) is 15.7. The SMILES string of the molecule is Cc1ccc(C(=O)C[C@@H](C(=O)O)N2CCN(Cc3ccccc3)CC2)cc1. The highest BCUT2D eigenvalue weighted by molar-refractivity contribution is 5.98. The van der Waals surface area contributed by atoms with Gasteiger partial charge in [0.25, 0.3) is 0 Å². The molecule has 5 nitrogen and oxygen atoms in total. The average Bonchev–Trinajstić information content (AvgIpc) is 2.68. The van der Waals surface area contributed by atoms with E-state index in [0.717, 1.165) is 25.2 Å². The number of carboxylic acids is 1. The Morgan fingerprint density at radius 3 is 2.19 bits per heavy atom. The first-order valence-electron chi connectivity index (χ1n) is 9.36. The summed E-state index contributed by atoms with van der Waals surface area (Å²) in [5.41, 5.74) is 2.92. The van der Waals surface area contributed by atoms with E-state index in [9.17, 15) is 14.7 Å². The number of carboxylic acid groups (broad SMARTS) is 1. The van der Waals surface area contributed by atoms with Crippen molar-refractivity contribution in [3.05, 3.63) is 71.3 Å². The van der Waals surface area contributed by atoms with Crippen LogP contribution >= 0.6 is 0 Å². The van der Waals surface area contributed by atoms with Crippen molar-refractivity contribution < 1.29 is 14.7 Å². The molecule has 0 amide bonds. The third-order valence-corrected chi connectivity index (χ3v) is 5.13. The topological polar surface area (TPSA) is 60.9 Å². The molecule has 0 aromatic heterocycles. The largest absolute Gasteiger partial charge is 0.480 e. The molecule has 1 saturated heterocycles. The highest BCUT2D eigenvalue weighted by Crippen LogP contribution is 2.15. The maximum atomic E-state index is 12.5. The number of nitrogens with zero attached hydrogens (tertiary/aromatic N) is 2. The summed E-state index contributed by atoms with van der Waals surface area (Å²) in [4.78, 5) is 28.6. The molecule has 1 aliphatic rings. The standard InChI is InChI=1S/C22H26N2O3/c1-17-7-9-19(10-8-17)21(25)15-20(22(26)27)24-13-11-23(12-14-24)16-18-5-3-2-4-6-18/h2-10,20H,11-16H2,1H3,(H,26,27)/t20-/m0/s1. The molecule has 0 spiro atoms. The van der Waals surface area contributed by atoms with Gasteiger partial charge in [-0.2, -0.15) is 0 Å². The van der Waals surface area contributed by atoms with Crippen LogP contribution in [0, 0.1) is 6.92 Å². The molecule has 1 heterocycles. The van der Waals surface area contributed by atoms with Crippen LogP contribution in [0.5, 0.6) is 0 Å². The second-order valence-corrected chi connectivity index (χ2v) is 7.15. The Morgan fingerprint density at radius 1 is 0.963 bits per heavy atom. The summed E-state index contributed by atoms with van der Waals surface area (Å²) in [6.07, 6.45) is 0.0110. The average molecular weight is 366 g/mol. The van der Waals surface area contributed by atoms with Gasteiger partial charge in [0.15, 0.2) is 5.78 Å². The molecule has 0 saturated carbocycles. The fourth-order valence-corrected chi connectivity index (χ4v) is 3.48. The van der Waals surface area contributed by atoms with Crippen LogP contribution in [0.4, 0.5) is 0 Å². The number of aryl methyl sites for hydroxylation is 1. The molecule has 5 heteroatoms. The van der Waals surface area contributed by atoms with Crippen molar-refractivity contribution in [2.45, 2.75) is 25.9 Å². The van der Waals surface area contributed by atoms with Crippen LogP contribution in [0.15, 0.2) is 54.6 Å². The van der Waals surface area contributed by atoms with Crippen LogP contribution < -0.4 is 0 Å². The van der Waals surface area contributed by atoms with Crippen molar-refractivity contribution in [2.75, 3.05) is 26.2 Å². The van der Waals surface area contributed by atoms with E-state index in [1.807, 2.05) is 42.2 Å². The van der Waals surface area contributed by atoms with Crippen molar-refractivity contribution >= 4 is 11.8 Å². The van der Waals surface area contributed by atoms with Crippen LogP contribution in [-0.4, -0.2) is 58.9 Å². The zero-order chi connectivity index (χ0) is 19.2. The van der Waals surface area contributed by atoms with Gasteiger partial charge >= 0.3 is 5.97 Å². The Balaban J connectivity index is 1.57. The van der Waals surface area contributed by atoms with Crippen LogP contribution in [0.1, 0.15) is 27.9 Å². The molecule has 0 unspecified atom stereocenters. The van der Waals surface area contributed by atoms with Crippen molar-refractivity contribution in [3.63, 3.8) is 0 Å². The first-order valence-corrected chi connectivity index (χ1v) is 9.36. The van der Waals surface area contributed by atoms with Gasteiger partial charge in [-0.1, -0.05) is 60.2 Å². The first-order chi connectivity index (χ1) is 13.0. The predicted molar refractivity (Wildman–Crippen MR) is 105 cm³/mol. The van der Waals surface area contributed by atoms with Crippen LogP contribution in [0.2, 0.25) is 0 Å². The summed E-state index contributed by atoms with van der Waals surface area (Å²) < 4.78 is 0. The first kappa shape index (κ1) is 19.3. The van der Waals surface area contributed by atoms with E-state index in [1.165, 1.54) is 5.56 Å². The molecular formula is C22H26N2O3. The van der Waals surface area contributed by atoms with E-state index in [4.69, 9.17) is 0 Å². The van der Waals surface area contributed by atoms with E-state index in [-0.39, 0.29) is 12.2 Å². The van der Waals surface area contributed by atoms with Crippen LogP contribution in [0.3, 0.4) is 0 Å². The Morgan fingerprint density at radius 2 is 1.59 bits per heavy atom. The van der Waals surface area contributed by atoms with Gasteiger partial charge in [0.2, 0.25) is 0 Å². The molecule has 27 heavy (non-hydrogen) atoms. The van der Waals surface area contributed by atoms with Crippen molar-refractivity contribution in [1.82, 2.24) is 9.80 Å². The Labute approximate surface area is 160 Å². The van der Waals surface area contributed by atoms with Gasteiger partial charge in [-0.15, -0.1) is 0 Å². The second-order valence-electron chi connectivity index (χ2n) is 7.15. The van der Waals surface area contributed by atoms with Crippen molar-refractivity contribution in [1.29, 1.82) is 0 Å². The number of hydrogen-bond acceptors (Lipinski definition) is 4. The van der Waals surface area contributed by atoms with Gasteiger partial charge in [0.05, 0.1) is 0 Å². The van der Waals surface area contributed by atoms with E-state index < -0.39 is 12.0 Å². The lowest BCUT2D eigenvalue weighted by molar-refractivity contribution is -0.144. The molecule has 0 bridgehead atoms. The smallest absolute Gasteiger partial charge is 0.321 e. The number of aliphatic carboxylic acids is 1. The molecule has 142 valence electrons. The Bertz CT molecular complexity index is 766.